The van der Waals surface area contributed by atoms with Gasteiger partial charge in [0.25, 0.3) is 0 Å². The van der Waals surface area contributed by atoms with Crippen LogP contribution >= 0.6 is 23.2 Å². The number of nitrogens with two attached hydrogens (primary N) is 1. The first-order valence-electron chi connectivity index (χ1n) is 9.43. The van der Waals surface area contributed by atoms with Crippen LogP contribution in [0, 0.1) is 5.41 Å². The minimum Gasteiger partial charge on any atom is -0.480 e. The first kappa shape index (κ1) is 19.7. The molecule has 0 aliphatic carbocycles. The standard InChI is InChI=1S/C20H24Cl2N4O2/c1-12-17(23)20(11-28-12)6-8-26(9-7-20)19-24-10-14(18(25-19)27-2)13-4-3-5-15(21)16(13)22/h3-5,10,12,17H,6-9,11,23H2,1-2H3/t12-,17+/m0/s1. The van der Waals surface area contributed by atoms with Gasteiger partial charge in [-0.2, -0.15) is 4.98 Å². The zero-order valence-electron chi connectivity index (χ0n) is 16.0. The van der Waals surface area contributed by atoms with Crippen LogP contribution in [0.2, 0.25) is 10.0 Å². The summed E-state index contributed by atoms with van der Waals surface area (Å²) in [6, 6.07) is 5.55. The SMILES string of the molecule is COc1nc(N2CCC3(CC2)CO[C@@H](C)[C@H]3N)ncc1-c1cccc(Cl)c1Cl. The minimum atomic E-state index is 0.0637. The lowest BCUT2D eigenvalue weighted by Crippen LogP contribution is -2.50. The third-order valence-corrected chi connectivity index (χ3v) is 6.88. The fourth-order valence-electron chi connectivity index (χ4n) is 4.19. The molecule has 2 N–H and O–H groups in total. The number of piperidine rings is 1. The highest BCUT2D eigenvalue weighted by molar-refractivity contribution is 6.43. The highest BCUT2D eigenvalue weighted by Gasteiger charge is 2.47. The molecule has 0 bridgehead atoms. The average molecular weight is 423 g/mol. The monoisotopic (exact) mass is 422 g/mol. The molecule has 2 aromatic rings. The van der Waals surface area contributed by atoms with Gasteiger partial charge in [-0.25, -0.2) is 4.98 Å². The van der Waals surface area contributed by atoms with Gasteiger partial charge in [-0.15, -0.1) is 0 Å². The maximum absolute atomic E-state index is 6.41. The zero-order chi connectivity index (χ0) is 19.9. The van der Waals surface area contributed by atoms with Gasteiger partial charge in [-0.3, -0.25) is 0 Å². The fourth-order valence-corrected chi connectivity index (χ4v) is 4.59. The third-order valence-electron chi connectivity index (χ3n) is 6.06. The van der Waals surface area contributed by atoms with Crippen molar-refractivity contribution in [2.45, 2.75) is 31.9 Å². The molecule has 2 saturated heterocycles. The number of anilines is 1. The highest BCUT2D eigenvalue weighted by atomic mass is 35.5. The molecule has 2 atom stereocenters. The summed E-state index contributed by atoms with van der Waals surface area (Å²) in [5.41, 5.74) is 7.94. The summed E-state index contributed by atoms with van der Waals surface area (Å²) < 4.78 is 11.3. The Morgan fingerprint density at radius 2 is 2.00 bits per heavy atom. The van der Waals surface area contributed by atoms with Crippen LogP contribution in [0.4, 0.5) is 5.95 Å². The van der Waals surface area contributed by atoms with Crippen LogP contribution in [-0.4, -0.2) is 48.9 Å². The van der Waals surface area contributed by atoms with Gasteiger partial charge < -0.3 is 20.1 Å². The lowest BCUT2D eigenvalue weighted by Gasteiger charge is -2.41. The molecule has 0 saturated carbocycles. The number of ether oxygens (including phenoxy) is 2. The molecule has 1 aromatic carbocycles. The summed E-state index contributed by atoms with van der Waals surface area (Å²) >= 11 is 12.5. The van der Waals surface area contributed by atoms with Crippen molar-refractivity contribution in [2.75, 3.05) is 31.7 Å². The molecule has 6 nitrogen and oxygen atoms in total. The molecule has 1 aromatic heterocycles. The number of nitrogens with zero attached hydrogens (tertiary/aromatic N) is 3. The first-order chi connectivity index (χ1) is 13.4. The van der Waals surface area contributed by atoms with E-state index in [1.165, 1.54) is 0 Å². The van der Waals surface area contributed by atoms with E-state index in [1.807, 2.05) is 12.1 Å². The Bertz CT molecular complexity index is 871. The van der Waals surface area contributed by atoms with E-state index < -0.39 is 0 Å². The summed E-state index contributed by atoms with van der Waals surface area (Å²) in [5, 5.41) is 0.944. The second-order valence-corrected chi connectivity index (χ2v) is 8.37. The Kier molecular flexibility index (Phi) is 5.40. The number of methoxy groups -OCH3 is 1. The molecule has 0 amide bonds. The van der Waals surface area contributed by atoms with Gasteiger partial charge in [-0.1, -0.05) is 35.3 Å². The maximum atomic E-state index is 6.41. The molecule has 8 heteroatoms. The molecular formula is C20H24Cl2N4O2. The molecule has 1 spiro atoms. The zero-order valence-corrected chi connectivity index (χ0v) is 17.5. The van der Waals surface area contributed by atoms with E-state index in [2.05, 4.69) is 21.8 Å². The van der Waals surface area contributed by atoms with Crippen molar-refractivity contribution < 1.29 is 9.47 Å². The lowest BCUT2D eigenvalue weighted by atomic mass is 9.73. The molecule has 28 heavy (non-hydrogen) atoms. The normalized spacial score (nSPS) is 24.0. The summed E-state index contributed by atoms with van der Waals surface area (Å²) in [5.74, 6) is 1.12. The minimum absolute atomic E-state index is 0.0637. The van der Waals surface area contributed by atoms with Crippen LogP contribution < -0.4 is 15.4 Å². The van der Waals surface area contributed by atoms with E-state index in [0.29, 0.717) is 27.4 Å². The lowest BCUT2D eigenvalue weighted by molar-refractivity contribution is 0.0973. The van der Waals surface area contributed by atoms with E-state index in [9.17, 15) is 0 Å². The Morgan fingerprint density at radius 3 is 2.64 bits per heavy atom. The second-order valence-electron chi connectivity index (χ2n) is 7.59. The molecular weight excluding hydrogens is 399 g/mol. The predicted molar refractivity (Wildman–Crippen MR) is 111 cm³/mol. The van der Waals surface area contributed by atoms with Crippen LogP contribution in [0.15, 0.2) is 24.4 Å². The van der Waals surface area contributed by atoms with E-state index in [0.717, 1.165) is 38.1 Å². The maximum Gasteiger partial charge on any atom is 0.228 e. The van der Waals surface area contributed by atoms with Gasteiger partial charge in [0.2, 0.25) is 11.8 Å². The Hall–Kier alpha value is -1.60. The quantitative estimate of drug-likeness (QED) is 0.810. The molecule has 2 aliphatic heterocycles. The topological polar surface area (TPSA) is 73.5 Å². The Balaban J connectivity index is 1.57. The van der Waals surface area contributed by atoms with Gasteiger partial charge in [0, 0.05) is 36.3 Å². The predicted octanol–water partition coefficient (Wildman–Crippen LogP) is 3.79. The van der Waals surface area contributed by atoms with Crippen LogP contribution in [0.5, 0.6) is 5.88 Å². The smallest absolute Gasteiger partial charge is 0.228 e. The summed E-state index contributed by atoms with van der Waals surface area (Å²) in [7, 11) is 1.59. The number of rotatable bonds is 3. The van der Waals surface area contributed by atoms with E-state index in [1.54, 1.807) is 19.4 Å². The fraction of sp³-hybridized carbons (Fsp3) is 0.500. The van der Waals surface area contributed by atoms with E-state index in [4.69, 9.17) is 38.4 Å². The number of aromatic nitrogens is 2. The number of hydrogen-bond donors (Lipinski definition) is 1. The van der Waals surface area contributed by atoms with Crippen molar-refractivity contribution in [3.05, 3.63) is 34.4 Å². The van der Waals surface area contributed by atoms with Crippen LogP contribution in [0.3, 0.4) is 0 Å². The molecule has 2 aliphatic rings. The van der Waals surface area contributed by atoms with E-state index >= 15 is 0 Å². The molecule has 3 heterocycles. The second kappa shape index (κ2) is 7.67. The summed E-state index contributed by atoms with van der Waals surface area (Å²) in [6.45, 7) is 4.47. The highest BCUT2D eigenvalue weighted by Crippen LogP contribution is 2.42. The summed E-state index contributed by atoms with van der Waals surface area (Å²) in [4.78, 5) is 11.4. The number of benzene rings is 1. The average Bonchev–Trinajstić information content (AvgIpc) is 2.99. The summed E-state index contributed by atoms with van der Waals surface area (Å²) in [6.07, 6.45) is 3.79. The van der Waals surface area contributed by atoms with Crippen LogP contribution in [-0.2, 0) is 4.74 Å². The Labute approximate surface area is 174 Å². The first-order valence-corrected chi connectivity index (χ1v) is 10.2. The molecule has 0 unspecified atom stereocenters. The van der Waals surface area contributed by atoms with Crippen molar-refractivity contribution in [1.82, 2.24) is 9.97 Å². The van der Waals surface area contributed by atoms with Crippen molar-refractivity contribution >= 4 is 29.2 Å². The number of halogens is 2. The molecule has 4 rings (SSSR count). The van der Waals surface area contributed by atoms with Gasteiger partial charge in [0.15, 0.2) is 0 Å². The van der Waals surface area contributed by atoms with Gasteiger partial charge in [-0.05, 0) is 25.8 Å². The van der Waals surface area contributed by atoms with Crippen LogP contribution in [0.25, 0.3) is 11.1 Å². The van der Waals surface area contributed by atoms with Crippen LogP contribution in [0.1, 0.15) is 19.8 Å². The number of hydrogen-bond acceptors (Lipinski definition) is 6. The van der Waals surface area contributed by atoms with Crippen molar-refractivity contribution in [2.24, 2.45) is 11.1 Å². The molecule has 2 fully saturated rings. The Morgan fingerprint density at radius 1 is 1.25 bits per heavy atom. The largest absolute Gasteiger partial charge is 0.480 e. The van der Waals surface area contributed by atoms with Gasteiger partial charge in [0.05, 0.1) is 35.4 Å². The van der Waals surface area contributed by atoms with Gasteiger partial charge in [0.1, 0.15) is 0 Å². The van der Waals surface area contributed by atoms with Crippen molar-refractivity contribution in [1.29, 1.82) is 0 Å². The molecule has 150 valence electrons. The van der Waals surface area contributed by atoms with Crippen molar-refractivity contribution in [3.8, 4) is 17.0 Å². The molecule has 0 radical (unpaired) electrons. The van der Waals surface area contributed by atoms with E-state index in [-0.39, 0.29) is 17.6 Å². The van der Waals surface area contributed by atoms with Crippen molar-refractivity contribution in [3.63, 3.8) is 0 Å². The van der Waals surface area contributed by atoms with Gasteiger partial charge >= 0.3 is 0 Å². The third kappa shape index (κ3) is 3.32.